The number of hydrogen-bond donors (Lipinski definition) is 0. The summed E-state index contributed by atoms with van der Waals surface area (Å²) in [7, 11) is 0. The maximum absolute atomic E-state index is 11.7. The molecule has 16 heavy (non-hydrogen) atoms. The van der Waals surface area contributed by atoms with Crippen LogP contribution in [0.2, 0.25) is 0 Å². The topological polar surface area (TPSA) is 40.6 Å². The van der Waals surface area contributed by atoms with E-state index in [9.17, 15) is 9.59 Å². The second kappa shape index (κ2) is 5.32. The number of piperazine rings is 1. The van der Waals surface area contributed by atoms with Crippen LogP contribution in [0.15, 0.2) is 0 Å². The van der Waals surface area contributed by atoms with Gasteiger partial charge in [-0.15, -0.1) is 0 Å². The van der Waals surface area contributed by atoms with Crippen molar-refractivity contribution >= 4 is 11.8 Å². The number of amides is 2. The van der Waals surface area contributed by atoms with Gasteiger partial charge < -0.3 is 9.80 Å². The third kappa shape index (κ3) is 2.97. The first-order valence-corrected chi connectivity index (χ1v) is 6.01. The van der Waals surface area contributed by atoms with Crippen molar-refractivity contribution in [3.63, 3.8) is 0 Å². The lowest BCUT2D eigenvalue weighted by molar-refractivity contribution is -0.142. The van der Waals surface area contributed by atoms with Crippen molar-refractivity contribution in [3.8, 4) is 0 Å². The van der Waals surface area contributed by atoms with Gasteiger partial charge in [0, 0.05) is 38.0 Å². The van der Waals surface area contributed by atoms with Crippen molar-refractivity contribution < 1.29 is 9.59 Å². The van der Waals surface area contributed by atoms with Crippen LogP contribution in [0.25, 0.3) is 0 Å². The fraction of sp³-hybridized carbons (Fsp3) is 0.833. The Balaban J connectivity index is 2.45. The molecule has 0 spiro atoms. The van der Waals surface area contributed by atoms with Crippen LogP contribution in [-0.2, 0) is 9.59 Å². The molecule has 1 fully saturated rings. The minimum atomic E-state index is 0.0485. The van der Waals surface area contributed by atoms with Gasteiger partial charge >= 0.3 is 0 Å². The van der Waals surface area contributed by atoms with Crippen LogP contribution in [0.1, 0.15) is 27.7 Å². The Morgan fingerprint density at radius 3 is 1.19 bits per heavy atom. The molecule has 1 saturated heterocycles. The highest BCUT2D eigenvalue weighted by Crippen LogP contribution is 2.09. The summed E-state index contributed by atoms with van der Waals surface area (Å²) in [5.74, 6) is 0.480. The first kappa shape index (κ1) is 13.0. The number of carbonyl (C=O) groups is 2. The summed E-state index contributed by atoms with van der Waals surface area (Å²) in [6, 6.07) is 0. The number of carbonyl (C=O) groups excluding carboxylic acids is 2. The summed E-state index contributed by atoms with van der Waals surface area (Å²) in [6.07, 6.45) is 0. The van der Waals surface area contributed by atoms with Gasteiger partial charge in [0.05, 0.1) is 0 Å². The van der Waals surface area contributed by atoms with Gasteiger partial charge in [-0.3, -0.25) is 9.59 Å². The minimum Gasteiger partial charge on any atom is -0.339 e. The lowest BCUT2D eigenvalue weighted by atomic mass is 10.1. The van der Waals surface area contributed by atoms with E-state index in [2.05, 4.69) is 0 Å². The molecule has 0 aromatic rings. The summed E-state index contributed by atoms with van der Waals surface area (Å²) in [4.78, 5) is 27.2. The van der Waals surface area contributed by atoms with Crippen LogP contribution in [0.3, 0.4) is 0 Å². The fourth-order valence-electron chi connectivity index (χ4n) is 1.88. The van der Waals surface area contributed by atoms with Crippen molar-refractivity contribution in [1.82, 2.24) is 9.80 Å². The molecule has 1 heterocycles. The number of hydrogen-bond acceptors (Lipinski definition) is 2. The average molecular weight is 226 g/mol. The lowest BCUT2D eigenvalue weighted by Crippen LogP contribution is -2.52. The van der Waals surface area contributed by atoms with E-state index in [1.807, 2.05) is 37.5 Å². The molecule has 0 unspecified atom stereocenters. The average Bonchev–Trinajstić information content (AvgIpc) is 2.27. The molecule has 92 valence electrons. The smallest absolute Gasteiger partial charge is 0.225 e. The second-order valence-corrected chi connectivity index (χ2v) is 4.96. The molecule has 0 aromatic heterocycles. The summed E-state index contributed by atoms with van der Waals surface area (Å²) in [6.45, 7) is 10.3. The predicted octanol–water partition coefficient (Wildman–Crippen LogP) is 0.969. The van der Waals surface area contributed by atoms with E-state index in [1.165, 1.54) is 0 Å². The monoisotopic (exact) mass is 226 g/mol. The third-order valence-electron chi connectivity index (χ3n) is 2.89. The highest BCUT2D eigenvalue weighted by Gasteiger charge is 2.26. The maximum Gasteiger partial charge on any atom is 0.225 e. The molecule has 1 aliphatic rings. The van der Waals surface area contributed by atoms with E-state index in [0.29, 0.717) is 26.2 Å². The predicted molar refractivity (Wildman–Crippen MR) is 62.8 cm³/mol. The van der Waals surface area contributed by atoms with E-state index in [1.54, 1.807) is 0 Å². The molecule has 0 atom stereocenters. The van der Waals surface area contributed by atoms with E-state index >= 15 is 0 Å². The molecule has 2 amide bonds. The van der Waals surface area contributed by atoms with E-state index in [0.717, 1.165) is 0 Å². The Hall–Kier alpha value is -1.06. The van der Waals surface area contributed by atoms with E-state index in [4.69, 9.17) is 0 Å². The van der Waals surface area contributed by atoms with Crippen molar-refractivity contribution in [1.29, 1.82) is 0 Å². The highest BCUT2D eigenvalue weighted by molar-refractivity contribution is 5.80. The summed E-state index contributed by atoms with van der Waals surface area (Å²) < 4.78 is 0. The van der Waals surface area contributed by atoms with Crippen LogP contribution in [0.5, 0.6) is 0 Å². The maximum atomic E-state index is 11.7. The Labute approximate surface area is 97.6 Å². The normalized spacial score (nSPS) is 17.1. The van der Waals surface area contributed by atoms with Crippen LogP contribution in [0.4, 0.5) is 0 Å². The van der Waals surface area contributed by atoms with Gasteiger partial charge in [0.1, 0.15) is 0 Å². The number of rotatable bonds is 2. The molecule has 0 saturated carbocycles. The molecular formula is C12H22N2O2. The van der Waals surface area contributed by atoms with Gasteiger partial charge in [0.25, 0.3) is 0 Å². The van der Waals surface area contributed by atoms with E-state index < -0.39 is 0 Å². The van der Waals surface area contributed by atoms with Crippen molar-refractivity contribution in [2.75, 3.05) is 26.2 Å². The van der Waals surface area contributed by atoms with Crippen molar-refractivity contribution in [3.05, 3.63) is 0 Å². The molecule has 0 aromatic carbocycles. The number of nitrogens with zero attached hydrogens (tertiary/aromatic N) is 2. The molecule has 4 nitrogen and oxygen atoms in total. The third-order valence-corrected chi connectivity index (χ3v) is 2.89. The Bertz CT molecular complexity index is 238. The Morgan fingerprint density at radius 2 is 1.00 bits per heavy atom. The quantitative estimate of drug-likeness (QED) is 0.704. The summed E-state index contributed by atoms with van der Waals surface area (Å²) in [5, 5.41) is 0. The largest absolute Gasteiger partial charge is 0.339 e. The van der Waals surface area contributed by atoms with Gasteiger partial charge in [-0.05, 0) is 0 Å². The molecule has 0 radical (unpaired) electrons. The summed E-state index contributed by atoms with van der Waals surface area (Å²) >= 11 is 0. The molecule has 4 heteroatoms. The Kier molecular flexibility index (Phi) is 4.33. The van der Waals surface area contributed by atoms with E-state index in [-0.39, 0.29) is 23.7 Å². The zero-order valence-electron chi connectivity index (χ0n) is 10.7. The standard InChI is InChI=1S/C12H22N2O2/c1-9(2)11(15)13-5-7-14(8-6-13)12(16)10(3)4/h9-10H,5-8H2,1-4H3. The van der Waals surface area contributed by atoms with Gasteiger partial charge in [-0.2, -0.15) is 0 Å². The fourth-order valence-corrected chi connectivity index (χ4v) is 1.88. The van der Waals surface area contributed by atoms with Crippen LogP contribution < -0.4 is 0 Å². The van der Waals surface area contributed by atoms with Crippen molar-refractivity contribution in [2.24, 2.45) is 11.8 Å². The molecule has 0 N–H and O–H groups in total. The molecular weight excluding hydrogens is 204 g/mol. The lowest BCUT2D eigenvalue weighted by Gasteiger charge is -2.36. The molecule has 1 rings (SSSR count). The van der Waals surface area contributed by atoms with Gasteiger partial charge in [-0.25, -0.2) is 0 Å². The SMILES string of the molecule is CC(C)C(=O)N1CCN(C(=O)C(C)C)CC1. The highest BCUT2D eigenvalue weighted by atomic mass is 16.2. The van der Waals surface area contributed by atoms with Crippen LogP contribution >= 0.6 is 0 Å². The minimum absolute atomic E-state index is 0.0485. The molecule has 0 bridgehead atoms. The zero-order valence-corrected chi connectivity index (χ0v) is 10.7. The van der Waals surface area contributed by atoms with Gasteiger partial charge in [-0.1, -0.05) is 27.7 Å². The van der Waals surface area contributed by atoms with Gasteiger partial charge in [0.2, 0.25) is 11.8 Å². The Morgan fingerprint density at radius 1 is 0.750 bits per heavy atom. The second-order valence-electron chi connectivity index (χ2n) is 4.96. The summed E-state index contributed by atoms with van der Waals surface area (Å²) in [5.41, 5.74) is 0. The molecule has 0 aliphatic carbocycles. The first-order chi connectivity index (χ1) is 7.43. The van der Waals surface area contributed by atoms with Gasteiger partial charge in [0.15, 0.2) is 0 Å². The van der Waals surface area contributed by atoms with Crippen molar-refractivity contribution in [2.45, 2.75) is 27.7 Å². The first-order valence-electron chi connectivity index (χ1n) is 6.01. The zero-order chi connectivity index (χ0) is 12.3. The van der Waals surface area contributed by atoms with Crippen LogP contribution in [0, 0.1) is 11.8 Å². The van der Waals surface area contributed by atoms with Crippen LogP contribution in [-0.4, -0.2) is 47.8 Å². The molecule has 1 aliphatic heterocycles.